The molecule has 0 radical (unpaired) electrons. The number of aliphatic carboxylic acids is 1. The lowest BCUT2D eigenvalue weighted by Gasteiger charge is -2.29. The van der Waals surface area contributed by atoms with E-state index in [1.165, 1.54) is 4.90 Å². The number of hydrogen-bond acceptors (Lipinski definition) is 3. The minimum absolute atomic E-state index is 0.158. The fourth-order valence-electron chi connectivity index (χ4n) is 1.93. The van der Waals surface area contributed by atoms with Crippen LogP contribution in [-0.4, -0.2) is 41.0 Å². The molecule has 1 atom stereocenters. The molecule has 5 nitrogen and oxygen atoms in total. The number of amides is 1. The summed E-state index contributed by atoms with van der Waals surface area (Å²) in [6.07, 6.45) is 0. The van der Waals surface area contributed by atoms with E-state index in [0.29, 0.717) is 0 Å². The Morgan fingerprint density at radius 1 is 1.26 bits per heavy atom. The highest BCUT2D eigenvalue weighted by atomic mass is 16.4. The van der Waals surface area contributed by atoms with Gasteiger partial charge in [0.05, 0.1) is 5.92 Å². The van der Waals surface area contributed by atoms with Gasteiger partial charge in [-0.2, -0.15) is 0 Å². The molecule has 0 aliphatic rings. The van der Waals surface area contributed by atoms with Crippen LogP contribution in [0.3, 0.4) is 0 Å². The average molecular weight is 264 g/mol. The third-order valence-electron chi connectivity index (χ3n) is 2.95. The molecule has 0 saturated heterocycles. The summed E-state index contributed by atoms with van der Waals surface area (Å²) in [6.45, 7) is 3.43. The number of benzene rings is 1. The lowest BCUT2D eigenvalue weighted by atomic mass is 9.97. The van der Waals surface area contributed by atoms with Crippen LogP contribution >= 0.6 is 0 Å². The lowest BCUT2D eigenvalue weighted by molar-refractivity contribution is -0.146. The van der Waals surface area contributed by atoms with Crippen LogP contribution in [0, 0.1) is 0 Å². The Bertz CT molecular complexity index is 432. The second-order valence-electron chi connectivity index (χ2n) is 4.65. The third-order valence-corrected chi connectivity index (χ3v) is 2.95. The summed E-state index contributed by atoms with van der Waals surface area (Å²) in [4.78, 5) is 24.6. The summed E-state index contributed by atoms with van der Waals surface area (Å²) in [5.74, 6) is -1.76. The van der Waals surface area contributed by atoms with Crippen LogP contribution in [0.5, 0.6) is 0 Å². The number of rotatable bonds is 6. The zero-order valence-corrected chi connectivity index (χ0v) is 11.2. The number of nitrogens with zero attached hydrogens (tertiary/aromatic N) is 1. The Hall–Kier alpha value is -1.88. The van der Waals surface area contributed by atoms with Crippen molar-refractivity contribution in [3.05, 3.63) is 35.9 Å². The van der Waals surface area contributed by atoms with Gasteiger partial charge in [0.15, 0.2) is 0 Å². The Morgan fingerprint density at radius 2 is 1.84 bits per heavy atom. The van der Waals surface area contributed by atoms with E-state index in [1.54, 1.807) is 13.8 Å². The van der Waals surface area contributed by atoms with Gasteiger partial charge in [0, 0.05) is 12.6 Å². The van der Waals surface area contributed by atoms with Crippen molar-refractivity contribution < 1.29 is 14.7 Å². The van der Waals surface area contributed by atoms with E-state index >= 15 is 0 Å². The molecule has 0 aliphatic carbocycles. The molecule has 1 aromatic carbocycles. The van der Waals surface area contributed by atoms with Crippen LogP contribution in [0.4, 0.5) is 0 Å². The minimum atomic E-state index is -1.02. The van der Waals surface area contributed by atoms with Crippen LogP contribution < -0.4 is 5.73 Å². The van der Waals surface area contributed by atoms with E-state index in [4.69, 9.17) is 10.8 Å². The number of hydrogen-bond donors (Lipinski definition) is 2. The highest BCUT2D eigenvalue weighted by Gasteiger charge is 2.27. The van der Waals surface area contributed by atoms with Crippen molar-refractivity contribution in [3.63, 3.8) is 0 Å². The van der Waals surface area contributed by atoms with Gasteiger partial charge < -0.3 is 15.7 Å². The fraction of sp³-hybridized carbons (Fsp3) is 0.429. The molecular formula is C14H20N2O3. The highest BCUT2D eigenvalue weighted by Crippen LogP contribution is 2.18. The van der Waals surface area contributed by atoms with Crippen LogP contribution in [0.25, 0.3) is 0 Å². The van der Waals surface area contributed by atoms with E-state index in [-0.39, 0.29) is 25.0 Å². The first kappa shape index (κ1) is 15.2. The molecule has 0 saturated carbocycles. The lowest BCUT2D eigenvalue weighted by Crippen LogP contribution is -2.44. The van der Waals surface area contributed by atoms with Crippen molar-refractivity contribution in [1.82, 2.24) is 4.90 Å². The molecule has 5 heteroatoms. The summed E-state index contributed by atoms with van der Waals surface area (Å²) >= 11 is 0. The second kappa shape index (κ2) is 6.89. The first-order valence-electron chi connectivity index (χ1n) is 6.24. The van der Waals surface area contributed by atoms with E-state index < -0.39 is 11.9 Å². The summed E-state index contributed by atoms with van der Waals surface area (Å²) in [6, 6.07) is 9.01. The smallest absolute Gasteiger partial charge is 0.323 e. The predicted molar refractivity (Wildman–Crippen MR) is 72.7 cm³/mol. The number of carboxylic acids is 1. The van der Waals surface area contributed by atoms with Crippen LogP contribution in [0.1, 0.15) is 25.3 Å². The van der Waals surface area contributed by atoms with Crippen LogP contribution in [0.2, 0.25) is 0 Å². The molecule has 1 aromatic rings. The number of nitrogens with two attached hydrogens (primary N) is 1. The van der Waals surface area contributed by atoms with Gasteiger partial charge in [0.1, 0.15) is 6.54 Å². The third kappa shape index (κ3) is 4.06. The normalized spacial score (nSPS) is 12.2. The van der Waals surface area contributed by atoms with Crippen molar-refractivity contribution in [1.29, 1.82) is 0 Å². The van der Waals surface area contributed by atoms with Crippen molar-refractivity contribution in [2.75, 3.05) is 13.1 Å². The fourth-order valence-corrected chi connectivity index (χ4v) is 1.93. The quantitative estimate of drug-likeness (QED) is 0.804. The van der Waals surface area contributed by atoms with Crippen molar-refractivity contribution in [3.8, 4) is 0 Å². The average Bonchev–Trinajstić information content (AvgIpc) is 2.37. The van der Waals surface area contributed by atoms with Crippen molar-refractivity contribution in [2.24, 2.45) is 5.73 Å². The Labute approximate surface area is 113 Å². The molecule has 0 spiro atoms. The van der Waals surface area contributed by atoms with E-state index in [1.807, 2.05) is 30.3 Å². The standard InChI is InChI=1S/C14H20N2O3/c1-10(2)16(9-13(17)18)14(19)12(8-15)11-6-4-3-5-7-11/h3-7,10,12H,8-9,15H2,1-2H3,(H,17,18). The first-order chi connectivity index (χ1) is 8.97. The topological polar surface area (TPSA) is 83.6 Å². The number of carboxylic acid groups (broad SMARTS) is 1. The van der Waals surface area contributed by atoms with Crippen LogP contribution in [-0.2, 0) is 9.59 Å². The van der Waals surface area contributed by atoms with Gasteiger partial charge in [-0.15, -0.1) is 0 Å². The first-order valence-corrected chi connectivity index (χ1v) is 6.24. The van der Waals surface area contributed by atoms with Crippen LogP contribution in [0.15, 0.2) is 30.3 Å². The summed E-state index contributed by atoms with van der Waals surface area (Å²) in [7, 11) is 0. The molecule has 0 aromatic heterocycles. The second-order valence-corrected chi connectivity index (χ2v) is 4.65. The molecule has 3 N–H and O–H groups in total. The molecular weight excluding hydrogens is 244 g/mol. The summed E-state index contributed by atoms with van der Waals surface area (Å²) < 4.78 is 0. The molecule has 0 fully saturated rings. The maximum atomic E-state index is 12.4. The van der Waals surface area contributed by atoms with E-state index in [0.717, 1.165) is 5.56 Å². The predicted octanol–water partition coefficient (Wildman–Crippen LogP) is 1.05. The van der Waals surface area contributed by atoms with E-state index in [9.17, 15) is 9.59 Å². The molecule has 0 bridgehead atoms. The maximum Gasteiger partial charge on any atom is 0.323 e. The summed E-state index contributed by atoms with van der Waals surface area (Å²) in [5.41, 5.74) is 6.49. The monoisotopic (exact) mass is 264 g/mol. The molecule has 104 valence electrons. The molecule has 19 heavy (non-hydrogen) atoms. The zero-order valence-electron chi connectivity index (χ0n) is 11.2. The van der Waals surface area contributed by atoms with Crippen molar-refractivity contribution in [2.45, 2.75) is 25.8 Å². The molecule has 1 amide bonds. The van der Waals surface area contributed by atoms with Gasteiger partial charge in [-0.25, -0.2) is 0 Å². The number of carbonyl (C=O) groups is 2. The number of carbonyl (C=O) groups excluding carboxylic acids is 1. The zero-order chi connectivity index (χ0) is 14.4. The van der Waals surface area contributed by atoms with E-state index in [2.05, 4.69) is 0 Å². The molecule has 1 rings (SSSR count). The van der Waals surface area contributed by atoms with Gasteiger partial charge in [0.2, 0.25) is 5.91 Å². The Kier molecular flexibility index (Phi) is 5.51. The van der Waals surface area contributed by atoms with Gasteiger partial charge in [0.25, 0.3) is 0 Å². The maximum absolute atomic E-state index is 12.4. The largest absolute Gasteiger partial charge is 0.480 e. The minimum Gasteiger partial charge on any atom is -0.480 e. The van der Waals surface area contributed by atoms with Gasteiger partial charge in [-0.05, 0) is 19.4 Å². The molecule has 0 aliphatic heterocycles. The van der Waals surface area contributed by atoms with Crippen molar-refractivity contribution >= 4 is 11.9 Å². The van der Waals surface area contributed by atoms with Gasteiger partial charge >= 0.3 is 5.97 Å². The highest BCUT2D eigenvalue weighted by molar-refractivity contribution is 5.87. The van der Waals surface area contributed by atoms with Gasteiger partial charge in [-0.1, -0.05) is 30.3 Å². The van der Waals surface area contributed by atoms with Gasteiger partial charge in [-0.3, -0.25) is 9.59 Å². The molecule has 0 heterocycles. The Balaban J connectivity index is 2.96. The SMILES string of the molecule is CC(C)N(CC(=O)O)C(=O)C(CN)c1ccccc1. The summed E-state index contributed by atoms with van der Waals surface area (Å²) in [5, 5.41) is 8.88. The Morgan fingerprint density at radius 3 is 2.26 bits per heavy atom. The molecule has 1 unspecified atom stereocenters.